The van der Waals surface area contributed by atoms with Crippen molar-refractivity contribution in [3.8, 4) is 11.5 Å². The molecule has 25 heavy (non-hydrogen) atoms. The van der Waals surface area contributed by atoms with Crippen molar-refractivity contribution in [2.75, 3.05) is 7.11 Å². The summed E-state index contributed by atoms with van der Waals surface area (Å²) in [6.45, 7) is 4.23. The molecule has 1 saturated carbocycles. The van der Waals surface area contributed by atoms with E-state index < -0.39 is 0 Å². The summed E-state index contributed by atoms with van der Waals surface area (Å²) in [6, 6.07) is 7.26. The van der Waals surface area contributed by atoms with Crippen LogP contribution in [0.3, 0.4) is 0 Å². The molecule has 1 aliphatic carbocycles. The first-order valence-electron chi connectivity index (χ1n) is 8.75. The third-order valence-corrected chi connectivity index (χ3v) is 4.60. The minimum Gasteiger partial charge on any atom is -0.493 e. The van der Waals surface area contributed by atoms with Crippen molar-refractivity contribution in [3.63, 3.8) is 0 Å². The molecule has 0 unspecified atom stereocenters. The summed E-state index contributed by atoms with van der Waals surface area (Å²) in [5.74, 6) is 2.82. The highest BCUT2D eigenvalue weighted by Gasteiger charge is 2.19. The van der Waals surface area contributed by atoms with Crippen LogP contribution < -0.4 is 14.8 Å². The zero-order valence-corrected chi connectivity index (χ0v) is 15.1. The van der Waals surface area contributed by atoms with Crippen molar-refractivity contribution in [1.29, 1.82) is 0 Å². The Labute approximate surface area is 148 Å². The lowest BCUT2D eigenvalue weighted by Gasteiger charge is -2.16. The van der Waals surface area contributed by atoms with E-state index in [4.69, 9.17) is 13.9 Å². The highest BCUT2D eigenvalue weighted by molar-refractivity contribution is 5.94. The van der Waals surface area contributed by atoms with Crippen LogP contribution in [0.4, 0.5) is 0 Å². The SMILES string of the molecule is COc1cc(C(=O)NCc2cc(C)oc2C)ccc1OC1CCCC1. The molecule has 5 nitrogen and oxygen atoms in total. The summed E-state index contributed by atoms with van der Waals surface area (Å²) in [6.07, 6.45) is 4.82. The van der Waals surface area contributed by atoms with Crippen molar-refractivity contribution in [2.45, 2.75) is 52.2 Å². The van der Waals surface area contributed by atoms with Gasteiger partial charge in [0, 0.05) is 17.7 Å². The predicted octanol–water partition coefficient (Wildman–Crippen LogP) is 4.16. The highest BCUT2D eigenvalue weighted by atomic mass is 16.5. The Morgan fingerprint density at radius 1 is 1.20 bits per heavy atom. The molecule has 3 rings (SSSR count). The molecule has 1 heterocycles. The van der Waals surface area contributed by atoms with Gasteiger partial charge < -0.3 is 19.2 Å². The van der Waals surface area contributed by atoms with Gasteiger partial charge in [-0.1, -0.05) is 0 Å². The molecule has 0 saturated heterocycles. The van der Waals surface area contributed by atoms with E-state index in [0.717, 1.165) is 29.9 Å². The number of hydrogen-bond donors (Lipinski definition) is 1. The standard InChI is InChI=1S/C20H25NO4/c1-13-10-16(14(2)24-13)12-21-20(22)15-8-9-18(19(11-15)23-3)25-17-6-4-5-7-17/h8-11,17H,4-7,12H2,1-3H3,(H,21,22). The summed E-state index contributed by atoms with van der Waals surface area (Å²) in [5, 5.41) is 2.92. The van der Waals surface area contributed by atoms with Gasteiger partial charge in [-0.25, -0.2) is 0 Å². The second kappa shape index (κ2) is 7.64. The predicted molar refractivity (Wildman–Crippen MR) is 95.2 cm³/mol. The number of nitrogens with one attached hydrogen (secondary N) is 1. The molecule has 1 aromatic carbocycles. The number of ether oxygens (including phenoxy) is 2. The molecule has 2 aromatic rings. The fourth-order valence-corrected chi connectivity index (χ4v) is 3.23. The van der Waals surface area contributed by atoms with E-state index in [0.29, 0.717) is 23.6 Å². The number of carbonyl (C=O) groups excluding carboxylic acids is 1. The first-order chi connectivity index (χ1) is 12.1. The lowest BCUT2D eigenvalue weighted by molar-refractivity contribution is 0.0950. The van der Waals surface area contributed by atoms with Crippen LogP contribution in [0.15, 0.2) is 28.7 Å². The van der Waals surface area contributed by atoms with Crippen LogP contribution in [0.5, 0.6) is 11.5 Å². The molecule has 0 bridgehead atoms. The van der Waals surface area contributed by atoms with E-state index >= 15 is 0 Å². The first-order valence-corrected chi connectivity index (χ1v) is 8.75. The summed E-state index contributed by atoms with van der Waals surface area (Å²) in [7, 11) is 1.59. The minimum atomic E-state index is -0.149. The second-order valence-corrected chi connectivity index (χ2v) is 6.51. The van der Waals surface area contributed by atoms with Crippen LogP contribution in [-0.2, 0) is 6.54 Å². The van der Waals surface area contributed by atoms with Crippen molar-refractivity contribution >= 4 is 5.91 Å². The van der Waals surface area contributed by atoms with Crippen LogP contribution in [0, 0.1) is 13.8 Å². The van der Waals surface area contributed by atoms with Gasteiger partial charge in [0.05, 0.1) is 13.2 Å². The monoisotopic (exact) mass is 343 g/mol. The topological polar surface area (TPSA) is 60.7 Å². The normalized spacial score (nSPS) is 14.5. The van der Waals surface area contributed by atoms with Crippen molar-refractivity contribution < 1.29 is 18.7 Å². The van der Waals surface area contributed by atoms with E-state index in [-0.39, 0.29) is 12.0 Å². The molecule has 1 aromatic heterocycles. The molecule has 0 atom stereocenters. The van der Waals surface area contributed by atoms with Gasteiger partial charge in [0.15, 0.2) is 11.5 Å². The molecule has 0 aliphatic heterocycles. The third kappa shape index (κ3) is 4.16. The van der Waals surface area contributed by atoms with Gasteiger partial charge >= 0.3 is 0 Å². The maximum absolute atomic E-state index is 12.4. The van der Waals surface area contributed by atoms with Crippen LogP contribution in [0.25, 0.3) is 0 Å². The smallest absolute Gasteiger partial charge is 0.251 e. The lowest BCUT2D eigenvalue weighted by atomic mass is 10.1. The number of furan rings is 1. The lowest BCUT2D eigenvalue weighted by Crippen LogP contribution is -2.23. The van der Waals surface area contributed by atoms with E-state index in [1.165, 1.54) is 12.8 Å². The van der Waals surface area contributed by atoms with Gasteiger partial charge in [0.2, 0.25) is 0 Å². The van der Waals surface area contributed by atoms with Crippen LogP contribution >= 0.6 is 0 Å². The number of aryl methyl sites for hydroxylation is 2. The Bertz CT molecular complexity index is 744. The van der Waals surface area contributed by atoms with Gasteiger partial charge in [-0.05, 0) is 63.8 Å². The molecule has 134 valence electrons. The number of benzene rings is 1. The largest absolute Gasteiger partial charge is 0.493 e. The van der Waals surface area contributed by atoms with Crippen molar-refractivity contribution in [1.82, 2.24) is 5.32 Å². The Morgan fingerprint density at radius 2 is 1.96 bits per heavy atom. The van der Waals surface area contributed by atoms with E-state index in [2.05, 4.69) is 5.32 Å². The highest BCUT2D eigenvalue weighted by Crippen LogP contribution is 2.32. The molecule has 0 spiro atoms. The zero-order valence-electron chi connectivity index (χ0n) is 15.1. The summed E-state index contributed by atoms with van der Waals surface area (Å²) in [5.41, 5.74) is 1.53. The van der Waals surface area contributed by atoms with Gasteiger partial charge in [-0.2, -0.15) is 0 Å². The van der Waals surface area contributed by atoms with E-state index in [9.17, 15) is 4.79 Å². The van der Waals surface area contributed by atoms with E-state index in [1.54, 1.807) is 19.2 Å². The van der Waals surface area contributed by atoms with Crippen LogP contribution in [0.2, 0.25) is 0 Å². The quantitative estimate of drug-likeness (QED) is 0.856. The Morgan fingerprint density at radius 3 is 2.60 bits per heavy atom. The average molecular weight is 343 g/mol. The summed E-state index contributed by atoms with van der Waals surface area (Å²) in [4.78, 5) is 12.4. The molecular weight excluding hydrogens is 318 g/mol. The minimum absolute atomic E-state index is 0.149. The molecule has 0 radical (unpaired) electrons. The van der Waals surface area contributed by atoms with E-state index in [1.807, 2.05) is 26.0 Å². The molecule has 1 fully saturated rings. The zero-order chi connectivity index (χ0) is 17.8. The summed E-state index contributed by atoms with van der Waals surface area (Å²) < 4.78 is 16.9. The number of hydrogen-bond acceptors (Lipinski definition) is 4. The number of carbonyl (C=O) groups is 1. The molecule has 1 N–H and O–H groups in total. The molecular formula is C20H25NO4. The molecule has 5 heteroatoms. The molecule has 1 aliphatic rings. The maximum atomic E-state index is 12.4. The average Bonchev–Trinajstić information content (AvgIpc) is 3.22. The van der Waals surface area contributed by atoms with Gasteiger partial charge in [-0.3, -0.25) is 4.79 Å². The Kier molecular flexibility index (Phi) is 5.31. The Balaban J connectivity index is 1.66. The third-order valence-electron chi connectivity index (χ3n) is 4.60. The van der Waals surface area contributed by atoms with Gasteiger partial charge in [0.25, 0.3) is 5.91 Å². The summed E-state index contributed by atoms with van der Waals surface area (Å²) >= 11 is 0. The maximum Gasteiger partial charge on any atom is 0.251 e. The van der Waals surface area contributed by atoms with Crippen LogP contribution in [0.1, 0.15) is 53.1 Å². The van der Waals surface area contributed by atoms with Gasteiger partial charge in [0.1, 0.15) is 11.5 Å². The Hall–Kier alpha value is -2.43. The molecule has 1 amide bonds. The second-order valence-electron chi connectivity index (χ2n) is 6.51. The number of amides is 1. The van der Waals surface area contributed by atoms with Crippen molar-refractivity contribution in [2.24, 2.45) is 0 Å². The first kappa shape index (κ1) is 17.4. The van der Waals surface area contributed by atoms with Crippen molar-refractivity contribution in [3.05, 3.63) is 46.9 Å². The van der Waals surface area contributed by atoms with Gasteiger partial charge in [-0.15, -0.1) is 0 Å². The fraction of sp³-hybridized carbons (Fsp3) is 0.450. The number of methoxy groups -OCH3 is 1. The number of rotatable bonds is 6. The van der Waals surface area contributed by atoms with Crippen LogP contribution in [-0.4, -0.2) is 19.1 Å². The fourth-order valence-electron chi connectivity index (χ4n) is 3.23.